The maximum absolute atomic E-state index is 14.5. The summed E-state index contributed by atoms with van der Waals surface area (Å²) in [5.41, 5.74) is 4.95. The van der Waals surface area contributed by atoms with Crippen LogP contribution in [-0.2, 0) is 5.92 Å². The summed E-state index contributed by atoms with van der Waals surface area (Å²) in [4.78, 5) is 6.83. The van der Waals surface area contributed by atoms with Crippen molar-refractivity contribution in [1.29, 1.82) is 5.41 Å². The Labute approximate surface area is 239 Å². The van der Waals surface area contributed by atoms with Gasteiger partial charge in [-0.05, 0) is 69.5 Å². The van der Waals surface area contributed by atoms with Gasteiger partial charge in [-0.25, -0.2) is 18.2 Å². The van der Waals surface area contributed by atoms with Crippen LogP contribution in [0.25, 0.3) is 11.0 Å². The molecule has 2 aromatic carbocycles. The first kappa shape index (κ1) is 29.2. The maximum Gasteiger partial charge on any atom is 0.279 e. The SMILES string of the molecule is C#CC.Cc1cc(NC2CCN(c3nc4ccccc4n3C(C)F)CC2)ccc1C(=N)c1csc(C(C)(F)F)c1.[HH]. The van der Waals surface area contributed by atoms with E-state index in [0.717, 1.165) is 72.0 Å². The Bertz CT molecular complexity index is 1520. The van der Waals surface area contributed by atoms with Crippen molar-refractivity contribution in [3.8, 4) is 12.3 Å². The summed E-state index contributed by atoms with van der Waals surface area (Å²) >= 11 is 0.980. The topological polar surface area (TPSA) is 56.9 Å². The number of para-hydroxylation sites is 2. The second kappa shape index (κ2) is 12.2. The van der Waals surface area contributed by atoms with Gasteiger partial charge in [0.1, 0.15) is 0 Å². The summed E-state index contributed by atoms with van der Waals surface area (Å²) in [5.74, 6) is 0.0176. The fraction of sp³-hybridized carbons (Fsp3) is 0.355. The Balaban J connectivity index is 0.00000111. The molecule has 0 bridgehead atoms. The van der Waals surface area contributed by atoms with Crippen LogP contribution < -0.4 is 10.2 Å². The first-order valence-electron chi connectivity index (χ1n) is 13.2. The minimum atomic E-state index is -2.90. The van der Waals surface area contributed by atoms with Crippen LogP contribution in [0.3, 0.4) is 0 Å². The number of anilines is 2. The summed E-state index contributed by atoms with van der Waals surface area (Å²) in [5, 5.41) is 13.8. The molecule has 0 aliphatic carbocycles. The molecule has 1 fully saturated rings. The first-order chi connectivity index (χ1) is 19.0. The lowest BCUT2D eigenvalue weighted by Crippen LogP contribution is -2.40. The molecule has 0 amide bonds. The molecule has 1 atom stereocenters. The lowest BCUT2D eigenvalue weighted by Gasteiger charge is -2.34. The average molecular weight is 568 g/mol. The van der Waals surface area contributed by atoms with Gasteiger partial charge in [0.2, 0.25) is 5.95 Å². The molecule has 0 spiro atoms. The van der Waals surface area contributed by atoms with Gasteiger partial charge in [0.25, 0.3) is 5.92 Å². The number of benzene rings is 2. The monoisotopic (exact) mass is 567 g/mol. The minimum Gasteiger partial charge on any atom is -0.382 e. The standard InChI is InChI=1S/C28H30F3N5S.C3H4.H2/c1-17-14-21(8-9-22(17)26(32)19-15-25(37-16-19)28(3,30)31)33-20-10-12-35(13-11-20)27-34-23-6-4-5-7-24(23)36(27)18(2)29;1-3-2;/h4-9,14-16,18,20,32-33H,10-13H2,1-3H3;1H,2H3;1H. The molecule has 2 N–H and O–H groups in total. The van der Waals surface area contributed by atoms with Crippen molar-refractivity contribution >= 4 is 39.7 Å². The molecule has 1 aliphatic heterocycles. The van der Waals surface area contributed by atoms with E-state index >= 15 is 0 Å². The zero-order chi connectivity index (χ0) is 29.0. The summed E-state index contributed by atoms with van der Waals surface area (Å²) in [6.07, 6.45) is 5.19. The summed E-state index contributed by atoms with van der Waals surface area (Å²) < 4.78 is 43.4. The number of hydrogen-bond acceptors (Lipinski definition) is 5. The Hall–Kier alpha value is -3.77. The second-order valence-corrected chi connectivity index (χ2v) is 10.9. The number of terminal acetylenes is 1. The molecule has 2 aromatic heterocycles. The van der Waals surface area contributed by atoms with E-state index in [-0.39, 0.29) is 18.1 Å². The molecule has 0 saturated carbocycles. The third kappa shape index (κ3) is 6.34. The molecule has 1 aliphatic rings. The molecule has 212 valence electrons. The summed E-state index contributed by atoms with van der Waals surface area (Å²) in [7, 11) is 0. The van der Waals surface area contributed by atoms with Crippen molar-refractivity contribution < 1.29 is 14.6 Å². The number of aryl methyl sites for hydroxylation is 1. The molecule has 0 radical (unpaired) electrons. The molecule has 3 heterocycles. The van der Waals surface area contributed by atoms with E-state index in [1.54, 1.807) is 16.9 Å². The Morgan fingerprint density at radius 1 is 1.23 bits per heavy atom. The van der Waals surface area contributed by atoms with Crippen molar-refractivity contribution in [2.45, 2.75) is 58.8 Å². The van der Waals surface area contributed by atoms with Crippen LogP contribution in [0, 0.1) is 24.7 Å². The van der Waals surface area contributed by atoms with Gasteiger partial charge in [-0.1, -0.05) is 18.2 Å². The maximum atomic E-state index is 14.5. The fourth-order valence-electron chi connectivity index (χ4n) is 4.95. The van der Waals surface area contributed by atoms with Crippen molar-refractivity contribution in [2.75, 3.05) is 23.3 Å². The van der Waals surface area contributed by atoms with E-state index in [9.17, 15) is 13.2 Å². The van der Waals surface area contributed by atoms with Crippen LogP contribution in [-0.4, -0.2) is 34.4 Å². The predicted molar refractivity (Wildman–Crippen MR) is 162 cm³/mol. The van der Waals surface area contributed by atoms with Crippen LogP contribution in [0.5, 0.6) is 0 Å². The van der Waals surface area contributed by atoms with Gasteiger partial charge in [-0.3, -0.25) is 9.98 Å². The number of aromatic nitrogens is 2. The van der Waals surface area contributed by atoms with Crippen molar-refractivity contribution in [3.63, 3.8) is 0 Å². The van der Waals surface area contributed by atoms with Crippen LogP contribution >= 0.6 is 11.3 Å². The Kier molecular flexibility index (Phi) is 8.89. The molecular formula is C31H36F3N5S. The van der Waals surface area contributed by atoms with E-state index in [2.05, 4.69) is 22.6 Å². The quantitative estimate of drug-likeness (QED) is 0.174. The normalized spacial score (nSPS) is 14.8. The van der Waals surface area contributed by atoms with Gasteiger partial charge in [0, 0.05) is 49.7 Å². The number of nitrogens with one attached hydrogen (secondary N) is 2. The Morgan fingerprint density at radius 3 is 2.50 bits per heavy atom. The molecule has 1 unspecified atom stereocenters. The fourth-order valence-corrected chi connectivity index (χ4v) is 5.79. The van der Waals surface area contributed by atoms with Crippen LogP contribution in [0.4, 0.5) is 24.8 Å². The van der Waals surface area contributed by atoms with Gasteiger partial charge in [-0.2, -0.15) is 0 Å². The number of hydrogen-bond donors (Lipinski definition) is 2. The van der Waals surface area contributed by atoms with E-state index in [1.807, 2.05) is 49.4 Å². The van der Waals surface area contributed by atoms with Crippen LogP contribution in [0.2, 0.25) is 0 Å². The number of thiophene rings is 1. The van der Waals surface area contributed by atoms with E-state index in [1.165, 1.54) is 13.0 Å². The second-order valence-electron chi connectivity index (χ2n) is 10.0. The number of rotatable bonds is 7. The van der Waals surface area contributed by atoms with E-state index in [0.29, 0.717) is 11.5 Å². The minimum absolute atomic E-state index is 0. The third-order valence-electron chi connectivity index (χ3n) is 6.90. The predicted octanol–water partition coefficient (Wildman–Crippen LogP) is 8.39. The number of alkyl halides is 3. The van der Waals surface area contributed by atoms with Crippen LogP contribution in [0.15, 0.2) is 53.9 Å². The lowest BCUT2D eigenvalue weighted by atomic mass is 9.98. The number of imidazole rings is 1. The van der Waals surface area contributed by atoms with Gasteiger partial charge < -0.3 is 10.2 Å². The van der Waals surface area contributed by atoms with Gasteiger partial charge in [-0.15, -0.1) is 23.7 Å². The molecule has 4 aromatic rings. The molecule has 1 saturated heterocycles. The Morgan fingerprint density at radius 2 is 1.90 bits per heavy atom. The smallest absolute Gasteiger partial charge is 0.279 e. The summed E-state index contributed by atoms with van der Waals surface area (Å²) in [6.45, 7) is 7.52. The molecule has 5 nitrogen and oxygen atoms in total. The van der Waals surface area contributed by atoms with Crippen molar-refractivity contribution in [2.24, 2.45) is 0 Å². The number of fused-ring (bicyclic) bond motifs is 1. The molecular weight excluding hydrogens is 531 g/mol. The first-order valence-corrected chi connectivity index (χ1v) is 14.1. The highest BCUT2D eigenvalue weighted by Gasteiger charge is 2.28. The van der Waals surface area contributed by atoms with Crippen molar-refractivity contribution in [1.82, 2.24) is 9.55 Å². The highest BCUT2D eigenvalue weighted by molar-refractivity contribution is 7.10. The van der Waals surface area contributed by atoms with E-state index in [4.69, 9.17) is 10.4 Å². The number of nitrogens with zero attached hydrogens (tertiary/aromatic N) is 3. The largest absolute Gasteiger partial charge is 0.382 e. The lowest BCUT2D eigenvalue weighted by molar-refractivity contribution is 0.0215. The zero-order valence-corrected chi connectivity index (χ0v) is 24.0. The third-order valence-corrected chi connectivity index (χ3v) is 8.00. The number of piperidine rings is 1. The highest BCUT2D eigenvalue weighted by Crippen LogP contribution is 2.34. The number of halogens is 3. The van der Waals surface area contributed by atoms with Gasteiger partial charge >= 0.3 is 0 Å². The highest BCUT2D eigenvalue weighted by atomic mass is 32.1. The van der Waals surface area contributed by atoms with Crippen LogP contribution in [0.1, 0.15) is 62.9 Å². The summed E-state index contributed by atoms with van der Waals surface area (Å²) in [6, 6.07) is 15.1. The zero-order valence-electron chi connectivity index (χ0n) is 23.1. The average Bonchev–Trinajstić information content (AvgIpc) is 3.55. The molecule has 5 rings (SSSR count). The van der Waals surface area contributed by atoms with Gasteiger partial charge in [0.15, 0.2) is 6.30 Å². The van der Waals surface area contributed by atoms with Gasteiger partial charge in [0.05, 0.1) is 21.6 Å². The van der Waals surface area contributed by atoms with E-state index < -0.39 is 12.2 Å². The molecule has 40 heavy (non-hydrogen) atoms. The molecule has 9 heteroatoms. The van der Waals surface area contributed by atoms with Crippen molar-refractivity contribution in [3.05, 3.63) is 75.5 Å².